The number of ketones is 1. The van der Waals surface area contributed by atoms with E-state index in [-0.39, 0.29) is 17.1 Å². The van der Waals surface area contributed by atoms with Gasteiger partial charge in [-0.1, -0.05) is 36.0 Å². The highest BCUT2D eigenvalue weighted by molar-refractivity contribution is 7.99. The smallest absolute Gasteiger partial charge is 0.266 e. The van der Waals surface area contributed by atoms with Crippen LogP contribution in [0.5, 0.6) is 5.75 Å². The molecule has 0 bridgehead atoms. The number of nitrogens with zero attached hydrogens (tertiary/aromatic N) is 2. The first-order valence-corrected chi connectivity index (χ1v) is 10.1. The van der Waals surface area contributed by atoms with Crippen LogP contribution in [0.4, 0.5) is 4.39 Å². The van der Waals surface area contributed by atoms with E-state index in [0.717, 1.165) is 11.8 Å². The molecule has 0 radical (unpaired) electrons. The van der Waals surface area contributed by atoms with Crippen LogP contribution in [0.1, 0.15) is 10.4 Å². The number of ether oxygens (including phenoxy) is 1. The van der Waals surface area contributed by atoms with Crippen LogP contribution in [-0.4, -0.2) is 28.2 Å². The Morgan fingerprint density at radius 1 is 1.03 bits per heavy atom. The van der Waals surface area contributed by atoms with Gasteiger partial charge in [-0.2, -0.15) is 0 Å². The number of aromatic nitrogens is 2. The zero-order valence-corrected chi connectivity index (χ0v) is 16.9. The van der Waals surface area contributed by atoms with E-state index < -0.39 is 5.82 Å². The molecule has 0 aliphatic rings. The third-order valence-corrected chi connectivity index (χ3v) is 5.51. The molecule has 0 saturated heterocycles. The number of methoxy groups -OCH3 is 1. The molecule has 4 aromatic rings. The lowest BCUT2D eigenvalue weighted by molar-refractivity contribution is 0.101. The molecule has 0 fully saturated rings. The van der Waals surface area contributed by atoms with Crippen LogP contribution in [0.2, 0.25) is 0 Å². The third kappa shape index (κ3) is 3.84. The van der Waals surface area contributed by atoms with Crippen molar-refractivity contribution in [2.24, 2.45) is 0 Å². The first-order chi connectivity index (χ1) is 14.6. The molecule has 3 aromatic carbocycles. The lowest BCUT2D eigenvalue weighted by Gasteiger charge is -2.13. The summed E-state index contributed by atoms with van der Waals surface area (Å²) in [4.78, 5) is 30.5. The standard InChI is InChI=1S/C23H17FN2O3S/c1-29-21-9-5-3-7-18(21)20(27)14-30-23-25-19-8-4-2-6-17(19)22(28)26(23)16-12-10-15(24)11-13-16/h2-13H,14H2,1H3. The number of fused-ring (bicyclic) bond motifs is 1. The highest BCUT2D eigenvalue weighted by Crippen LogP contribution is 2.25. The number of thioether (sulfide) groups is 1. The molecule has 0 aliphatic carbocycles. The number of carbonyl (C=O) groups excluding carboxylic acids is 1. The van der Waals surface area contributed by atoms with Crippen LogP contribution in [0.3, 0.4) is 0 Å². The van der Waals surface area contributed by atoms with E-state index in [1.165, 1.54) is 35.9 Å². The predicted molar refractivity (Wildman–Crippen MR) is 115 cm³/mol. The van der Waals surface area contributed by atoms with E-state index in [1.54, 1.807) is 48.5 Å². The van der Waals surface area contributed by atoms with Crippen molar-refractivity contribution >= 4 is 28.4 Å². The molecule has 1 aromatic heterocycles. The molecule has 150 valence electrons. The Morgan fingerprint density at radius 2 is 1.73 bits per heavy atom. The molecule has 0 saturated carbocycles. The van der Waals surface area contributed by atoms with E-state index in [0.29, 0.717) is 33.1 Å². The lowest BCUT2D eigenvalue weighted by Crippen LogP contribution is -2.22. The van der Waals surface area contributed by atoms with Gasteiger partial charge < -0.3 is 4.74 Å². The SMILES string of the molecule is COc1ccccc1C(=O)CSc1nc2ccccc2c(=O)n1-c1ccc(F)cc1. The quantitative estimate of drug-likeness (QED) is 0.261. The molecule has 5 nitrogen and oxygen atoms in total. The Labute approximate surface area is 176 Å². The van der Waals surface area contributed by atoms with Gasteiger partial charge in [0.25, 0.3) is 5.56 Å². The number of hydrogen-bond donors (Lipinski definition) is 0. The monoisotopic (exact) mass is 420 g/mol. The average molecular weight is 420 g/mol. The molecule has 4 rings (SSSR count). The van der Waals surface area contributed by atoms with Crippen molar-refractivity contribution in [1.29, 1.82) is 0 Å². The number of Topliss-reactive ketones (excluding diaryl/α,β-unsaturated/α-hetero) is 1. The first kappa shape index (κ1) is 19.8. The molecule has 1 heterocycles. The van der Waals surface area contributed by atoms with Crippen molar-refractivity contribution in [3.05, 3.63) is 94.5 Å². The fraction of sp³-hybridized carbons (Fsp3) is 0.0870. The van der Waals surface area contributed by atoms with Crippen molar-refractivity contribution in [1.82, 2.24) is 9.55 Å². The number of halogens is 1. The molecule has 0 atom stereocenters. The average Bonchev–Trinajstić information content (AvgIpc) is 2.78. The predicted octanol–water partition coefficient (Wildman–Crippen LogP) is 4.51. The maximum atomic E-state index is 13.4. The zero-order chi connectivity index (χ0) is 21.1. The van der Waals surface area contributed by atoms with Crippen molar-refractivity contribution in [2.75, 3.05) is 12.9 Å². The van der Waals surface area contributed by atoms with Gasteiger partial charge in [0.05, 0.1) is 35.0 Å². The highest BCUT2D eigenvalue weighted by atomic mass is 32.2. The Hall–Kier alpha value is -3.45. The summed E-state index contributed by atoms with van der Waals surface area (Å²) in [6.07, 6.45) is 0. The Morgan fingerprint density at radius 3 is 2.50 bits per heavy atom. The van der Waals surface area contributed by atoms with E-state index in [9.17, 15) is 14.0 Å². The molecule has 0 amide bonds. The number of hydrogen-bond acceptors (Lipinski definition) is 5. The fourth-order valence-corrected chi connectivity index (χ4v) is 4.01. The van der Waals surface area contributed by atoms with Crippen molar-refractivity contribution in [3.63, 3.8) is 0 Å². The van der Waals surface area contributed by atoms with Gasteiger partial charge in [-0.3, -0.25) is 14.2 Å². The molecule has 0 aliphatic heterocycles. The normalized spacial score (nSPS) is 10.9. The summed E-state index contributed by atoms with van der Waals surface area (Å²) in [6.45, 7) is 0. The summed E-state index contributed by atoms with van der Waals surface area (Å²) >= 11 is 1.15. The van der Waals surface area contributed by atoms with E-state index >= 15 is 0 Å². The minimum absolute atomic E-state index is 0.0619. The molecule has 30 heavy (non-hydrogen) atoms. The summed E-state index contributed by atoms with van der Waals surface area (Å²) in [5.41, 5.74) is 1.20. The minimum Gasteiger partial charge on any atom is -0.496 e. The van der Waals surface area contributed by atoms with Gasteiger partial charge >= 0.3 is 0 Å². The maximum Gasteiger partial charge on any atom is 0.266 e. The van der Waals surface area contributed by atoms with Gasteiger partial charge in [-0.25, -0.2) is 9.37 Å². The summed E-state index contributed by atoms with van der Waals surface area (Å²) in [5, 5.41) is 0.802. The summed E-state index contributed by atoms with van der Waals surface area (Å²) in [7, 11) is 1.51. The molecule has 7 heteroatoms. The van der Waals surface area contributed by atoms with E-state index in [1.807, 2.05) is 0 Å². The first-order valence-electron chi connectivity index (χ1n) is 9.15. The number of benzene rings is 3. The highest BCUT2D eigenvalue weighted by Gasteiger charge is 2.17. The lowest BCUT2D eigenvalue weighted by atomic mass is 10.1. The van der Waals surface area contributed by atoms with Crippen LogP contribution in [0.25, 0.3) is 16.6 Å². The van der Waals surface area contributed by atoms with Gasteiger partial charge in [-0.05, 0) is 48.5 Å². The number of carbonyl (C=O) groups is 1. The van der Waals surface area contributed by atoms with E-state index in [2.05, 4.69) is 4.98 Å². The van der Waals surface area contributed by atoms with Gasteiger partial charge in [0.2, 0.25) is 0 Å². The Bertz CT molecular complexity index is 1290. The molecule has 0 unspecified atom stereocenters. The second-order valence-electron chi connectivity index (χ2n) is 6.44. The van der Waals surface area contributed by atoms with Crippen LogP contribution in [0.15, 0.2) is 82.7 Å². The minimum atomic E-state index is -0.402. The molecular weight excluding hydrogens is 403 g/mol. The molecule has 0 spiro atoms. The largest absolute Gasteiger partial charge is 0.496 e. The van der Waals surface area contributed by atoms with Crippen molar-refractivity contribution in [2.45, 2.75) is 5.16 Å². The third-order valence-electron chi connectivity index (χ3n) is 4.57. The maximum absolute atomic E-state index is 13.4. The molecule has 0 N–H and O–H groups in total. The zero-order valence-electron chi connectivity index (χ0n) is 16.0. The topological polar surface area (TPSA) is 61.2 Å². The fourth-order valence-electron chi connectivity index (χ4n) is 3.11. The Kier molecular flexibility index (Phi) is 5.63. The van der Waals surface area contributed by atoms with Gasteiger partial charge in [0, 0.05) is 0 Å². The molecular formula is C23H17FN2O3S. The Balaban J connectivity index is 1.76. The summed E-state index contributed by atoms with van der Waals surface area (Å²) in [6, 6.07) is 19.6. The van der Waals surface area contributed by atoms with Gasteiger partial charge in [0.15, 0.2) is 10.9 Å². The van der Waals surface area contributed by atoms with Gasteiger partial charge in [0.1, 0.15) is 11.6 Å². The second-order valence-corrected chi connectivity index (χ2v) is 7.38. The summed E-state index contributed by atoms with van der Waals surface area (Å²) < 4.78 is 20.1. The van der Waals surface area contributed by atoms with Crippen molar-refractivity contribution in [3.8, 4) is 11.4 Å². The number of para-hydroxylation sites is 2. The van der Waals surface area contributed by atoms with Crippen LogP contribution < -0.4 is 10.3 Å². The van der Waals surface area contributed by atoms with Crippen LogP contribution in [-0.2, 0) is 0 Å². The number of rotatable bonds is 6. The van der Waals surface area contributed by atoms with Gasteiger partial charge in [-0.15, -0.1) is 0 Å². The van der Waals surface area contributed by atoms with Crippen molar-refractivity contribution < 1.29 is 13.9 Å². The second kappa shape index (κ2) is 8.51. The van der Waals surface area contributed by atoms with Crippen LogP contribution >= 0.6 is 11.8 Å². The van der Waals surface area contributed by atoms with Crippen LogP contribution in [0, 0.1) is 5.82 Å². The summed E-state index contributed by atoms with van der Waals surface area (Å²) in [5.74, 6) is 0.00362. The van der Waals surface area contributed by atoms with E-state index in [4.69, 9.17) is 4.74 Å².